The van der Waals surface area contributed by atoms with Crippen molar-refractivity contribution >= 4 is 5.91 Å². The third kappa shape index (κ3) is 5.65. The summed E-state index contributed by atoms with van der Waals surface area (Å²) >= 11 is 0. The van der Waals surface area contributed by atoms with Crippen LogP contribution in [0.15, 0.2) is 18.2 Å². The van der Waals surface area contributed by atoms with E-state index in [2.05, 4.69) is 5.32 Å². The van der Waals surface area contributed by atoms with Crippen LogP contribution in [0, 0.1) is 11.6 Å². The van der Waals surface area contributed by atoms with E-state index in [4.69, 9.17) is 5.73 Å². The molecular formula is C15H22F2N2O. The van der Waals surface area contributed by atoms with Crippen molar-refractivity contribution in [2.75, 3.05) is 6.54 Å². The molecule has 0 aliphatic heterocycles. The molecule has 20 heavy (non-hydrogen) atoms. The van der Waals surface area contributed by atoms with Gasteiger partial charge in [-0.1, -0.05) is 18.9 Å². The summed E-state index contributed by atoms with van der Waals surface area (Å²) in [5.74, 6) is -1.38. The van der Waals surface area contributed by atoms with Crippen LogP contribution in [0.3, 0.4) is 0 Å². The summed E-state index contributed by atoms with van der Waals surface area (Å²) in [6, 6.07) is 2.90. The molecule has 0 aliphatic rings. The Labute approximate surface area is 118 Å². The molecule has 0 bridgehead atoms. The van der Waals surface area contributed by atoms with Crippen molar-refractivity contribution in [3.05, 3.63) is 35.4 Å². The maximum absolute atomic E-state index is 13.5. The van der Waals surface area contributed by atoms with E-state index < -0.39 is 17.7 Å². The predicted octanol–water partition coefficient (Wildman–Crippen LogP) is 3.05. The van der Waals surface area contributed by atoms with Crippen LogP contribution in [-0.2, 0) is 4.79 Å². The number of nitrogens with one attached hydrogen (secondary N) is 1. The minimum absolute atomic E-state index is 0.117. The van der Waals surface area contributed by atoms with Gasteiger partial charge in [0.1, 0.15) is 11.6 Å². The molecule has 0 radical (unpaired) electrons. The van der Waals surface area contributed by atoms with Crippen molar-refractivity contribution in [1.29, 1.82) is 0 Å². The van der Waals surface area contributed by atoms with E-state index in [-0.39, 0.29) is 5.91 Å². The third-order valence-corrected chi connectivity index (χ3v) is 3.16. The van der Waals surface area contributed by atoms with Gasteiger partial charge in [0.05, 0.1) is 6.04 Å². The second kappa shape index (κ2) is 8.64. The van der Waals surface area contributed by atoms with Gasteiger partial charge in [-0.2, -0.15) is 0 Å². The Hall–Kier alpha value is -1.49. The van der Waals surface area contributed by atoms with E-state index in [0.29, 0.717) is 18.5 Å². The first-order valence-corrected chi connectivity index (χ1v) is 6.99. The number of halogens is 2. The van der Waals surface area contributed by atoms with Crippen LogP contribution in [-0.4, -0.2) is 12.5 Å². The molecule has 0 fully saturated rings. The lowest BCUT2D eigenvalue weighted by Crippen LogP contribution is -2.27. The topological polar surface area (TPSA) is 55.1 Å². The summed E-state index contributed by atoms with van der Waals surface area (Å²) in [7, 11) is 0. The van der Waals surface area contributed by atoms with Gasteiger partial charge in [-0.15, -0.1) is 0 Å². The van der Waals surface area contributed by atoms with Crippen LogP contribution in [0.2, 0.25) is 0 Å². The quantitative estimate of drug-likeness (QED) is 0.721. The van der Waals surface area contributed by atoms with Crippen LogP contribution in [0.25, 0.3) is 0 Å². The Bertz CT molecular complexity index is 438. The van der Waals surface area contributed by atoms with Gasteiger partial charge in [0.2, 0.25) is 5.91 Å². The largest absolute Gasteiger partial charge is 0.349 e. The van der Waals surface area contributed by atoms with E-state index in [9.17, 15) is 13.6 Å². The maximum Gasteiger partial charge on any atom is 0.220 e. The van der Waals surface area contributed by atoms with Crippen molar-refractivity contribution in [2.24, 2.45) is 5.73 Å². The zero-order chi connectivity index (χ0) is 15.0. The number of amides is 1. The lowest BCUT2D eigenvalue weighted by molar-refractivity contribution is -0.121. The van der Waals surface area contributed by atoms with Crippen LogP contribution in [0.4, 0.5) is 8.78 Å². The zero-order valence-corrected chi connectivity index (χ0v) is 11.8. The second-order valence-corrected chi connectivity index (χ2v) is 4.91. The van der Waals surface area contributed by atoms with E-state index in [1.165, 1.54) is 12.1 Å². The molecule has 112 valence electrons. The van der Waals surface area contributed by atoms with Crippen molar-refractivity contribution in [2.45, 2.75) is 45.1 Å². The van der Waals surface area contributed by atoms with Crippen LogP contribution in [0.1, 0.15) is 50.6 Å². The van der Waals surface area contributed by atoms with Crippen molar-refractivity contribution in [3.8, 4) is 0 Å². The van der Waals surface area contributed by atoms with E-state index in [1.54, 1.807) is 6.92 Å². The molecule has 5 heteroatoms. The third-order valence-electron chi connectivity index (χ3n) is 3.16. The SMILES string of the molecule is CC(NC(=O)CCCCCCN)c1ccc(F)cc1F. The molecule has 1 aromatic carbocycles. The monoisotopic (exact) mass is 284 g/mol. The van der Waals surface area contributed by atoms with E-state index in [0.717, 1.165) is 31.7 Å². The Morgan fingerprint density at radius 1 is 1.25 bits per heavy atom. The average Bonchev–Trinajstić information content (AvgIpc) is 2.38. The summed E-state index contributed by atoms with van der Waals surface area (Å²) in [4.78, 5) is 11.7. The van der Waals surface area contributed by atoms with Crippen molar-refractivity contribution in [1.82, 2.24) is 5.32 Å². The molecule has 0 saturated carbocycles. The molecule has 0 aliphatic carbocycles. The van der Waals surface area contributed by atoms with Crippen molar-refractivity contribution in [3.63, 3.8) is 0 Å². The van der Waals surface area contributed by atoms with Gasteiger partial charge in [0, 0.05) is 18.1 Å². The normalized spacial score (nSPS) is 12.2. The Balaban J connectivity index is 2.37. The molecule has 1 amide bonds. The summed E-state index contributed by atoms with van der Waals surface area (Å²) in [6.45, 7) is 2.36. The first-order valence-electron chi connectivity index (χ1n) is 6.99. The molecule has 1 rings (SSSR count). The van der Waals surface area contributed by atoms with E-state index >= 15 is 0 Å². The lowest BCUT2D eigenvalue weighted by atomic mass is 10.1. The first kappa shape index (κ1) is 16.6. The molecule has 3 nitrogen and oxygen atoms in total. The Kier molecular flexibility index (Phi) is 7.15. The number of benzene rings is 1. The highest BCUT2D eigenvalue weighted by Crippen LogP contribution is 2.18. The second-order valence-electron chi connectivity index (χ2n) is 4.91. The molecule has 0 spiro atoms. The van der Waals surface area contributed by atoms with Gasteiger partial charge in [-0.25, -0.2) is 8.78 Å². The maximum atomic E-state index is 13.5. The molecule has 1 aromatic rings. The fraction of sp³-hybridized carbons (Fsp3) is 0.533. The number of carbonyl (C=O) groups is 1. The fourth-order valence-corrected chi connectivity index (χ4v) is 2.03. The minimum Gasteiger partial charge on any atom is -0.349 e. The number of unbranched alkanes of at least 4 members (excludes halogenated alkanes) is 3. The highest BCUT2D eigenvalue weighted by molar-refractivity contribution is 5.76. The summed E-state index contributed by atoms with van der Waals surface area (Å²) < 4.78 is 26.3. The molecular weight excluding hydrogens is 262 g/mol. The highest BCUT2D eigenvalue weighted by Gasteiger charge is 2.13. The number of rotatable bonds is 8. The van der Waals surface area contributed by atoms with Crippen molar-refractivity contribution < 1.29 is 13.6 Å². The molecule has 1 unspecified atom stereocenters. The lowest BCUT2D eigenvalue weighted by Gasteiger charge is -2.15. The average molecular weight is 284 g/mol. The molecule has 0 aromatic heterocycles. The summed E-state index contributed by atoms with van der Waals surface area (Å²) in [5, 5.41) is 2.72. The van der Waals surface area contributed by atoms with Gasteiger partial charge in [0.15, 0.2) is 0 Å². The van der Waals surface area contributed by atoms with Gasteiger partial charge >= 0.3 is 0 Å². The fourth-order valence-electron chi connectivity index (χ4n) is 2.03. The number of hydrogen-bond donors (Lipinski definition) is 2. The number of nitrogens with two attached hydrogens (primary N) is 1. The molecule has 0 heterocycles. The molecule has 1 atom stereocenters. The number of carbonyl (C=O) groups excluding carboxylic acids is 1. The van der Waals surface area contributed by atoms with E-state index in [1.807, 2.05) is 0 Å². The van der Waals surface area contributed by atoms with Crippen LogP contribution >= 0.6 is 0 Å². The summed E-state index contributed by atoms with van der Waals surface area (Å²) in [6.07, 6.45) is 4.16. The minimum atomic E-state index is -0.638. The number of hydrogen-bond acceptors (Lipinski definition) is 2. The Morgan fingerprint density at radius 2 is 1.95 bits per heavy atom. The highest BCUT2D eigenvalue weighted by atomic mass is 19.1. The Morgan fingerprint density at radius 3 is 2.60 bits per heavy atom. The van der Waals surface area contributed by atoms with Gasteiger partial charge in [0.25, 0.3) is 0 Å². The first-order chi connectivity index (χ1) is 9.54. The van der Waals surface area contributed by atoms with Gasteiger partial charge in [-0.05, 0) is 32.4 Å². The molecule has 3 N–H and O–H groups in total. The van der Waals surface area contributed by atoms with Crippen LogP contribution in [0.5, 0.6) is 0 Å². The summed E-state index contributed by atoms with van der Waals surface area (Å²) in [5.41, 5.74) is 5.68. The van der Waals surface area contributed by atoms with Gasteiger partial charge in [-0.3, -0.25) is 4.79 Å². The standard InChI is InChI=1S/C15H22F2N2O/c1-11(13-8-7-12(16)10-14(13)17)19-15(20)6-4-2-3-5-9-18/h7-8,10-11H,2-6,9,18H2,1H3,(H,19,20). The van der Waals surface area contributed by atoms with Gasteiger partial charge < -0.3 is 11.1 Å². The predicted molar refractivity (Wildman–Crippen MR) is 75.1 cm³/mol. The zero-order valence-electron chi connectivity index (χ0n) is 11.8. The molecule has 0 saturated heterocycles. The smallest absolute Gasteiger partial charge is 0.220 e. The van der Waals surface area contributed by atoms with Crippen LogP contribution < -0.4 is 11.1 Å².